The van der Waals surface area contributed by atoms with Crippen LogP contribution < -0.4 is 9.64 Å². The molecule has 1 saturated heterocycles. The van der Waals surface area contributed by atoms with Crippen LogP contribution in [0.5, 0.6) is 6.01 Å². The largest absolute Gasteiger partial charge is 0.461 e. The molecule has 0 radical (unpaired) electrons. The molecule has 0 unspecified atom stereocenters. The van der Waals surface area contributed by atoms with E-state index >= 15 is 0 Å². The first-order valence-corrected chi connectivity index (χ1v) is 10.1. The van der Waals surface area contributed by atoms with Gasteiger partial charge < -0.3 is 9.64 Å². The summed E-state index contributed by atoms with van der Waals surface area (Å²) in [5, 5.41) is 11.4. The SMILES string of the molecule is CCC(=O)N(c1ccccc1)C1(C)CCN(CCOc2nnnn2CC)CC1. The number of aryl methyl sites for hydroxylation is 1. The van der Waals surface area contributed by atoms with Crippen molar-refractivity contribution in [3.05, 3.63) is 30.3 Å². The highest BCUT2D eigenvalue weighted by molar-refractivity contribution is 5.94. The molecule has 0 spiro atoms. The first-order chi connectivity index (χ1) is 13.6. The second-order valence-electron chi connectivity index (χ2n) is 7.38. The number of hydrogen-bond donors (Lipinski definition) is 0. The quantitative estimate of drug-likeness (QED) is 0.693. The summed E-state index contributed by atoms with van der Waals surface area (Å²) in [5.41, 5.74) is 0.818. The standard InChI is InChI=1S/C20H30N6O2/c1-4-18(27)26(17-9-7-6-8-10-17)20(3)11-13-24(14-12-20)15-16-28-19-21-22-23-25(19)5-2/h6-10H,4-5,11-16H2,1-3H3. The van der Waals surface area contributed by atoms with Crippen molar-refractivity contribution in [2.24, 2.45) is 0 Å². The van der Waals surface area contributed by atoms with E-state index in [9.17, 15) is 4.79 Å². The van der Waals surface area contributed by atoms with E-state index in [1.54, 1.807) is 4.68 Å². The lowest BCUT2D eigenvalue weighted by atomic mass is 9.86. The maximum atomic E-state index is 12.7. The van der Waals surface area contributed by atoms with Gasteiger partial charge >= 0.3 is 6.01 Å². The van der Waals surface area contributed by atoms with E-state index < -0.39 is 0 Å². The molecule has 28 heavy (non-hydrogen) atoms. The van der Waals surface area contributed by atoms with Crippen molar-refractivity contribution in [3.8, 4) is 6.01 Å². The number of para-hydroxylation sites is 1. The third-order valence-electron chi connectivity index (χ3n) is 5.48. The molecule has 2 heterocycles. The zero-order valence-electron chi connectivity index (χ0n) is 17.0. The second kappa shape index (κ2) is 9.14. The fourth-order valence-electron chi connectivity index (χ4n) is 3.74. The molecule has 1 aliphatic heterocycles. The number of likely N-dealkylation sites (tertiary alicyclic amines) is 1. The molecule has 0 atom stereocenters. The van der Waals surface area contributed by atoms with E-state index in [0.29, 0.717) is 25.6 Å². The Kier molecular flexibility index (Phi) is 6.61. The van der Waals surface area contributed by atoms with E-state index in [-0.39, 0.29) is 11.4 Å². The molecule has 0 bridgehead atoms. The summed E-state index contributed by atoms with van der Waals surface area (Å²) in [4.78, 5) is 17.1. The van der Waals surface area contributed by atoms with Crippen molar-refractivity contribution in [1.82, 2.24) is 25.1 Å². The summed E-state index contributed by atoms with van der Waals surface area (Å²) >= 11 is 0. The number of benzene rings is 1. The van der Waals surface area contributed by atoms with Crippen LogP contribution in [0.1, 0.15) is 40.0 Å². The Bertz CT molecular complexity index is 755. The van der Waals surface area contributed by atoms with Crippen LogP contribution in [-0.4, -0.2) is 62.8 Å². The Balaban J connectivity index is 1.57. The summed E-state index contributed by atoms with van der Waals surface area (Å²) in [6, 6.07) is 10.5. The van der Waals surface area contributed by atoms with Crippen molar-refractivity contribution >= 4 is 11.6 Å². The van der Waals surface area contributed by atoms with Gasteiger partial charge in [0.05, 0.1) is 0 Å². The van der Waals surface area contributed by atoms with Crippen molar-refractivity contribution in [1.29, 1.82) is 0 Å². The Morgan fingerprint density at radius 3 is 2.57 bits per heavy atom. The predicted octanol–water partition coefficient (Wildman–Crippen LogP) is 2.37. The van der Waals surface area contributed by atoms with Crippen molar-refractivity contribution in [2.75, 3.05) is 31.1 Å². The minimum Gasteiger partial charge on any atom is -0.461 e. The van der Waals surface area contributed by atoms with Gasteiger partial charge in [0.2, 0.25) is 5.91 Å². The van der Waals surface area contributed by atoms with Crippen LogP contribution in [0.2, 0.25) is 0 Å². The van der Waals surface area contributed by atoms with Crippen molar-refractivity contribution in [3.63, 3.8) is 0 Å². The molecule has 1 aromatic heterocycles. The molecule has 1 amide bonds. The molecule has 2 aromatic rings. The molecule has 8 nitrogen and oxygen atoms in total. The Morgan fingerprint density at radius 2 is 1.93 bits per heavy atom. The second-order valence-corrected chi connectivity index (χ2v) is 7.38. The lowest BCUT2D eigenvalue weighted by Gasteiger charge is -2.46. The first kappa shape index (κ1) is 20.3. The molecular formula is C20H30N6O2. The molecule has 0 aliphatic carbocycles. The van der Waals surface area contributed by atoms with Crippen LogP contribution in [-0.2, 0) is 11.3 Å². The van der Waals surface area contributed by atoms with Crippen LogP contribution in [0.4, 0.5) is 5.69 Å². The average molecular weight is 387 g/mol. The number of anilines is 1. The van der Waals surface area contributed by atoms with Gasteiger partial charge in [0.15, 0.2) is 0 Å². The highest BCUT2D eigenvalue weighted by atomic mass is 16.5. The first-order valence-electron chi connectivity index (χ1n) is 10.1. The topological polar surface area (TPSA) is 76.4 Å². The molecule has 8 heteroatoms. The van der Waals surface area contributed by atoms with Gasteiger partial charge in [0, 0.05) is 43.8 Å². The lowest BCUT2D eigenvalue weighted by Crippen LogP contribution is -2.56. The third-order valence-corrected chi connectivity index (χ3v) is 5.48. The van der Waals surface area contributed by atoms with Gasteiger partial charge in [-0.05, 0) is 49.2 Å². The zero-order chi connectivity index (χ0) is 20.0. The van der Waals surface area contributed by atoms with Gasteiger partial charge in [-0.1, -0.05) is 30.2 Å². The highest BCUT2D eigenvalue weighted by Crippen LogP contribution is 2.33. The monoisotopic (exact) mass is 386 g/mol. The normalized spacial score (nSPS) is 16.7. The summed E-state index contributed by atoms with van der Waals surface area (Å²) in [5.74, 6) is 0.178. The molecule has 1 fully saturated rings. The molecule has 3 rings (SSSR count). The maximum Gasteiger partial charge on any atom is 0.335 e. The van der Waals surface area contributed by atoms with Crippen molar-refractivity contribution < 1.29 is 9.53 Å². The van der Waals surface area contributed by atoms with E-state index in [4.69, 9.17) is 4.74 Å². The van der Waals surface area contributed by atoms with Gasteiger partial charge in [0.25, 0.3) is 0 Å². The Hall–Kier alpha value is -2.48. The van der Waals surface area contributed by atoms with Gasteiger partial charge in [-0.15, -0.1) is 0 Å². The van der Waals surface area contributed by atoms with E-state index in [1.807, 2.05) is 49.1 Å². The smallest absolute Gasteiger partial charge is 0.335 e. The maximum absolute atomic E-state index is 12.7. The van der Waals surface area contributed by atoms with Crippen LogP contribution in [0.25, 0.3) is 0 Å². The number of carbonyl (C=O) groups is 1. The molecule has 1 aromatic carbocycles. The van der Waals surface area contributed by atoms with Crippen LogP contribution in [0, 0.1) is 0 Å². The van der Waals surface area contributed by atoms with Gasteiger partial charge in [-0.3, -0.25) is 9.69 Å². The van der Waals surface area contributed by atoms with Crippen LogP contribution in [0.3, 0.4) is 0 Å². The van der Waals surface area contributed by atoms with Crippen LogP contribution in [0.15, 0.2) is 30.3 Å². The van der Waals surface area contributed by atoms with E-state index in [1.165, 1.54) is 0 Å². The average Bonchev–Trinajstić information content (AvgIpc) is 3.18. The minimum absolute atomic E-state index is 0.169. The predicted molar refractivity (Wildman–Crippen MR) is 107 cm³/mol. The Labute approximate surface area is 166 Å². The molecule has 1 aliphatic rings. The number of ether oxygens (including phenoxy) is 1. The number of amides is 1. The number of aromatic nitrogens is 4. The van der Waals surface area contributed by atoms with E-state index in [0.717, 1.165) is 38.2 Å². The summed E-state index contributed by atoms with van der Waals surface area (Å²) < 4.78 is 7.36. The molecule has 0 saturated carbocycles. The third kappa shape index (κ3) is 4.49. The highest BCUT2D eigenvalue weighted by Gasteiger charge is 2.38. The number of tetrazole rings is 1. The number of nitrogens with zero attached hydrogens (tertiary/aromatic N) is 6. The number of hydrogen-bond acceptors (Lipinski definition) is 6. The summed E-state index contributed by atoms with van der Waals surface area (Å²) in [7, 11) is 0. The molecular weight excluding hydrogens is 356 g/mol. The van der Waals surface area contributed by atoms with Crippen LogP contribution >= 0.6 is 0 Å². The van der Waals surface area contributed by atoms with Gasteiger partial charge in [-0.2, -0.15) is 4.68 Å². The summed E-state index contributed by atoms with van der Waals surface area (Å²) in [6.45, 7) is 10.0. The minimum atomic E-state index is -0.169. The number of piperidine rings is 1. The van der Waals surface area contributed by atoms with E-state index in [2.05, 4.69) is 27.3 Å². The number of rotatable bonds is 8. The molecule has 0 N–H and O–H groups in total. The zero-order valence-corrected chi connectivity index (χ0v) is 17.0. The van der Waals surface area contributed by atoms with Gasteiger partial charge in [0.1, 0.15) is 6.61 Å². The van der Waals surface area contributed by atoms with Gasteiger partial charge in [-0.25, -0.2) is 0 Å². The number of carbonyl (C=O) groups excluding carboxylic acids is 1. The van der Waals surface area contributed by atoms with Crippen molar-refractivity contribution in [2.45, 2.75) is 52.1 Å². The fraction of sp³-hybridized carbons (Fsp3) is 0.600. The summed E-state index contributed by atoms with van der Waals surface area (Å²) in [6.07, 6.45) is 2.37. The fourth-order valence-corrected chi connectivity index (χ4v) is 3.74. The molecule has 152 valence electrons. The lowest BCUT2D eigenvalue weighted by molar-refractivity contribution is -0.119. The Morgan fingerprint density at radius 1 is 1.21 bits per heavy atom.